The zero-order valence-electron chi connectivity index (χ0n) is 18.1. The predicted molar refractivity (Wildman–Crippen MR) is 121 cm³/mol. The van der Waals surface area contributed by atoms with Gasteiger partial charge in [-0.3, -0.25) is 9.48 Å². The van der Waals surface area contributed by atoms with Crippen LogP contribution < -0.4 is 9.47 Å². The molecule has 160 valence electrons. The van der Waals surface area contributed by atoms with Gasteiger partial charge in [0.15, 0.2) is 17.2 Å². The largest absolute Gasteiger partial charge is 0.493 e. The van der Waals surface area contributed by atoms with Crippen LogP contribution >= 0.6 is 11.8 Å². The van der Waals surface area contributed by atoms with Gasteiger partial charge in [-0.15, -0.1) is 11.8 Å². The molecule has 0 bridgehead atoms. The Hall–Kier alpha value is -2.93. The van der Waals surface area contributed by atoms with Crippen LogP contribution in [-0.4, -0.2) is 41.4 Å². The highest BCUT2D eigenvalue weighted by Crippen LogP contribution is 2.43. The van der Waals surface area contributed by atoms with E-state index in [-0.39, 0.29) is 11.9 Å². The van der Waals surface area contributed by atoms with Gasteiger partial charge in [0.25, 0.3) is 5.91 Å². The monoisotopic (exact) mass is 435 g/mol. The van der Waals surface area contributed by atoms with Crippen LogP contribution in [0, 0.1) is 0 Å². The van der Waals surface area contributed by atoms with Crippen molar-refractivity contribution in [3.05, 3.63) is 58.8 Å². The van der Waals surface area contributed by atoms with Crippen LogP contribution in [0.15, 0.2) is 41.3 Å². The second kappa shape index (κ2) is 7.64. The predicted octanol–water partition coefficient (Wildman–Crippen LogP) is 4.47. The molecule has 0 radical (unpaired) electrons. The van der Waals surface area contributed by atoms with Crippen LogP contribution in [-0.2, 0) is 19.2 Å². The summed E-state index contributed by atoms with van der Waals surface area (Å²) in [5.74, 6) is 2.16. The highest BCUT2D eigenvalue weighted by Gasteiger charge is 2.34. The van der Waals surface area contributed by atoms with Crippen molar-refractivity contribution in [2.24, 2.45) is 7.05 Å². The van der Waals surface area contributed by atoms with E-state index in [0.717, 1.165) is 40.3 Å². The Morgan fingerprint density at radius 3 is 2.68 bits per heavy atom. The number of thioether (sulfide) groups is 1. The number of aryl methyl sites for hydroxylation is 1. The van der Waals surface area contributed by atoms with Gasteiger partial charge in [-0.1, -0.05) is 18.2 Å². The topological polar surface area (TPSA) is 56.6 Å². The molecule has 6 nitrogen and oxygen atoms in total. The molecular formula is C24H25N3O3S. The summed E-state index contributed by atoms with van der Waals surface area (Å²) in [6, 6.07) is 12.3. The van der Waals surface area contributed by atoms with Crippen molar-refractivity contribution in [2.75, 3.05) is 20.8 Å². The van der Waals surface area contributed by atoms with E-state index >= 15 is 0 Å². The quantitative estimate of drug-likeness (QED) is 0.608. The summed E-state index contributed by atoms with van der Waals surface area (Å²) < 4.78 is 12.8. The lowest BCUT2D eigenvalue weighted by Gasteiger charge is -2.35. The number of hydrogen-bond donors (Lipinski definition) is 0. The number of carbonyl (C=O) groups is 1. The molecule has 2 aliphatic rings. The SMILES string of the molecule is COc1cc2c(cc1OC)[C@H](C)N(C(=O)c1nn(C)c3c1CSc1ccccc1-3)CC2. The first kappa shape index (κ1) is 20.0. The van der Waals surface area contributed by atoms with Crippen LogP contribution in [0.1, 0.15) is 40.1 Å². The standard InChI is InChI=1S/C24H25N3O3S/c1-14-17-12-20(30-4)19(29-3)11-15(17)9-10-27(14)24(28)22-18-13-31-21-8-6-5-7-16(21)23(18)26(2)25-22/h5-8,11-12,14H,9-10,13H2,1-4H3/t14-/m0/s1. The van der Waals surface area contributed by atoms with Crippen LogP contribution in [0.25, 0.3) is 11.3 Å². The van der Waals surface area contributed by atoms with Crippen molar-refractivity contribution < 1.29 is 14.3 Å². The van der Waals surface area contributed by atoms with Crippen molar-refractivity contribution in [2.45, 2.75) is 30.0 Å². The third-order valence-corrected chi connectivity index (χ3v) is 7.41. The van der Waals surface area contributed by atoms with E-state index in [9.17, 15) is 4.79 Å². The molecule has 0 aliphatic carbocycles. The molecule has 1 aromatic heterocycles. The van der Waals surface area contributed by atoms with E-state index in [1.54, 1.807) is 26.0 Å². The fourth-order valence-electron chi connectivity index (χ4n) is 4.71. The molecule has 0 fully saturated rings. The number of methoxy groups -OCH3 is 2. The maximum absolute atomic E-state index is 13.7. The summed E-state index contributed by atoms with van der Waals surface area (Å²) in [6.07, 6.45) is 0.776. The molecule has 3 heterocycles. The minimum atomic E-state index is -0.0720. The van der Waals surface area contributed by atoms with Crippen molar-refractivity contribution in [3.8, 4) is 22.8 Å². The van der Waals surface area contributed by atoms with E-state index in [4.69, 9.17) is 9.47 Å². The van der Waals surface area contributed by atoms with Gasteiger partial charge in [0.2, 0.25) is 0 Å². The van der Waals surface area contributed by atoms with Crippen LogP contribution in [0.5, 0.6) is 11.5 Å². The molecule has 3 aromatic rings. The molecule has 0 saturated heterocycles. The number of aromatic nitrogens is 2. The summed E-state index contributed by atoms with van der Waals surface area (Å²) in [7, 11) is 5.21. The summed E-state index contributed by atoms with van der Waals surface area (Å²) >= 11 is 1.77. The van der Waals surface area contributed by atoms with Crippen molar-refractivity contribution in [1.82, 2.24) is 14.7 Å². The third kappa shape index (κ3) is 3.10. The number of nitrogens with zero attached hydrogens (tertiary/aromatic N) is 3. The van der Waals surface area contributed by atoms with E-state index in [2.05, 4.69) is 30.2 Å². The van der Waals surface area contributed by atoms with Gasteiger partial charge in [-0.25, -0.2) is 0 Å². The summed E-state index contributed by atoms with van der Waals surface area (Å²) in [5.41, 5.74) is 6.09. The third-order valence-electron chi connectivity index (χ3n) is 6.31. The lowest BCUT2D eigenvalue weighted by molar-refractivity contribution is 0.0669. The van der Waals surface area contributed by atoms with Gasteiger partial charge in [0.05, 0.1) is 26.0 Å². The summed E-state index contributed by atoms with van der Waals surface area (Å²) in [4.78, 5) is 16.8. The fourth-order valence-corrected chi connectivity index (χ4v) is 5.78. The molecule has 0 spiro atoms. The molecule has 5 rings (SSSR count). The molecular weight excluding hydrogens is 410 g/mol. The fraction of sp³-hybridized carbons (Fsp3) is 0.333. The number of hydrogen-bond acceptors (Lipinski definition) is 5. The lowest BCUT2D eigenvalue weighted by Crippen LogP contribution is -2.39. The van der Waals surface area contributed by atoms with Gasteiger partial charge in [-0.05, 0) is 42.7 Å². The van der Waals surface area contributed by atoms with Crippen molar-refractivity contribution in [1.29, 1.82) is 0 Å². The second-order valence-corrected chi connectivity index (χ2v) is 8.93. The van der Waals surface area contributed by atoms with Gasteiger partial charge >= 0.3 is 0 Å². The van der Waals surface area contributed by atoms with E-state index in [1.165, 1.54) is 10.5 Å². The Morgan fingerprint density at radius 2 is 1.90 bits per heavy atom. The van der Waals surface area contributed by atoms with Gasteiger partial charge in [-0.2, -0.15) is 5.10 Å². The van der Waals surface area contributed by atoms with Gasteiger partial charge in [0, 0.05) is 35.4 Å². The molecule has 0 N–H and O–H groups in total. The molecule has 1 amide bonds. The maximum atomic E-state index is 13.7. The molecule has 0 saturated carbocycles. The van der Waals surface area contributed by atoms with Gasteiger partial charge in [0.1, 0.15) is 0 Å². The molecule has 31 heavy (non-hydrogen) atoms. The highest BCUT2D eigenvalue weighted by atomic mass is 32.2. The second-order valence-electron chi connectivity index (χ2n) is 7.91. The minimum Gasteiger partial charge on any atom is -0.493 e. The van der Waals surface area contributed by atoms with E-state index in [1.807, 2.05) is 34.8 Å². The highest BCUT2D eigenvalue weighted by molar-refractivity contribution is 7.98. The molecule has 2 aliphatic heterocycles. The first-order chi connectivity index (χ1) is 15.0. The average Bonchev–Trinajstić information content (AvgIpc) is 3.15. The Balaban J connectivity index is 1.52. The number of ether oxygens (including phenoxy) is 2. The molecule has 0 unspecified atom stereocenters. The lowest BCUT2D eigenvalue weighted by atomic mass is 9.92. The van der Waals surface area contributed by atoms with Crippen LogP contribution in [0.4, 0.5) is 0 Å². The van der Waals surface area contributed by atoms with Crippen LogP contribution in [0.2, 0.25) is 0 Å². The summed E-state index contributed by atoms with van der Waals surface area (Å²) in [5, 5.41) is 4.69. The number of benzene rings is 2. The zero-order valence-corrected chi connectivity index (χ0v) is 19.0. The number of carbonyl (C=O) groups excluding carboxylic acids is 1. The molecule has 7 heteroatoms. The number of rotatable bonds is 3. The number of fused-ring (bicyclic) bond motifs is 4. The smallest absolute Gasteiger partial charge is 0.275 e. The van der Waals surface area contributed by atoms with Crippen molar-refractivity contribution in [3.63, 3.8) is 0 Å². The van der Waals surface area contributed by atoms with Crippen molar-refractivity contribution >= 4 is 17.7 Å². The summed E-state index contributed by atoms with van der Waals surface area (Å²) in [6.45, 7) is 2.72. The normalized spacial score (nSPS) is 16.9. The number of amides is 1. The molecule has 2 aromatic carbocycles. The van der Waals surface area contributed by atoms with Crippen LogP contribution in [0.3, 0.4) is 0 Å². The zero-order chi connectivity index (χ0) is 21.7. The first-order valence-corrected chi connectivity index (χ1v) is 11.4. The van der Waals surface area contributed by atoms with Gasteiger partial charge < -0.3 is 14.4 Å². The molecule has 1 atom stereocenters. The van der Waals surface area contributed by atoms with E-state index in [0.29, 0.717) is 18.0 Å². The Kier molecular flexibility index (Phi) is 4.93. The Morgan fingerprint density at radius 1 is 1.16 bits per heavy atom. The average molecular weight is 436 g/mol. The minimum absolute atomic E-state index is 0.00948. The van der Waals surface area contributed by atoms with E-state index < -0.39 is 0 Å². The first-order valence-electron chi connectivity index (χ1n) is 10.4. The Labute approximate surface area is 186 Å². The maximum Gasteiger partial charge on any atom is 0.275 e. The Bertz CT molecular complexity index is 1190.